The van der Waals surface area contributed by atoms with Gasteiger partial charge >= 0.3 is 0 Å². The normalized spacial score (nSPS) is 13.2. The third-order valence-electron chi connectivity index (χ3n) is 3.44. The van der Waals surface area contributed by atoms with Crippen LogP contribution in [-0.2, 0) is 7.05 Å². The fraction of sp³-hybridized carbons (Fsp3) is 0.429. The van der Waals surface area contributed by atoms with Crippen molar-refractivity contribution in [1.82, 2.24) is 9.47 Å². The zero-order chi connectivity index (χ0) is 14.2. The lowest BCUT2D eigenvalue weighted by Crippen LogP contribution is -2.22. The smallest absolute Gasteiger partial charge is 0.128 e. The molecule has 0 saturated heterocycles. The second-order valence-electron chi connectivity index (χ2n) is 4.83. The number of halogens is 1. The molecule has 1 unspecified atom stereocenters. The van der Waals surface area contributed by atoms with Crippen LogP contribution < -0.4 is 4.74 Å². The quantitative estimate of drug-likeness (QED) is 0.938. The molecule has 0 saturated carbocycles. The van der Waals surface area contributed by atoms with Gasteiger partial charge in [0.1, 0.15) is 5.75 Å². The molecule has 5 heteroatoms. The first-order chi connectivity index (χ1) is 9.01. The molecule has 4 nitrogen and oxygen atoms in total. The highest BCUT2D eigenvalue weighted by Gasteiger charge is 2.22. The van der Waals surface area contributed by atoms with E-state index < -0.39 is 0 Å². The third-order valence-corrected chi connectivity index (χ3v) is 4.08. The summed E-state index contributed by atoms with van der Waals surface area (Å²) in [6.07, 6.45) is 2.05. The lowest BCUT2D eigenvalue weighted by molar-refractivity contribution is 0.171. The van der Waals surface area contributed by atoms with Gasteiger partial charge in [-0.15, -0.1) is 0 Å². The number of likely N-dealkylation sites (N-methyl/N-ethyl adjacent to an activating group) is 1. The Morgan fingerprint density at radius 1 is 1.42 bits per heavy atom. The molecular weight excluding hydrogens is 308 g/mol. The van der Waals surface area contributed by atoms with Crippen molar-refractivity contribution in [3.8, 4) is 5.75 Å². The van der Waals surface area contributed by atoms with Crippen molar-refractivity contribution in [3.05, 3.63) is 28.4 Å². The number of aryl methyl sites for hydroxylation is 1. The molecule has 1 aromatic heterocycles. The second-order valence-corrected chi connectivity index (χ2v) is 5.68. The van der Waals surface area contributed by atoms with E-state index >= 15 is 0 Å². The van der Waals surface area contributed by atoms with Crippen LogP contribution in [0.5, 0.6) is 5.75 Å². The molecule has 0 aliphatic carbocycles. The highest BCUT2D eigenvalue weighted by Crippen LogP contribution is 2.38. The average Bonchev–Trinajstić information content (AvgIpc) is 2.69. The Bertz CT molecular complexity index is 593. The number of aliphatic hydroxyl groups is 1. The lowest BCUT2D eigenvalue weighted by atomic mass is 10.0. The molecule has 0 bridgehead atoms. The van der Waals surface area contributed by atoms with E-state index in [4.69, 9.17) is 4.74 Å². The number of rotatable bonds is 4. The van der Waals surface area contributed by atoms with Gasteiger partial charge in [-0.05, 0) is 42.2 Å². The van der Waals surface area contributed by atoms with Gasteiger partial charge in [-0.2, -0.15) is 0 Å². The first kappa shape index (κ1) is 14.4. The van der Waals surface area contributed by atoms with Crippen LogP contribution in [0.4, 0.5) is 0 Å². The third kappa shape index (κ3) is 2.38. The first-order valence-corrected chi connectivity index (χ1v) is 6.89. The molecular formula is C14H19BrN2O2. The minimum atomic E-state index is -0.0492. The molecule has 19 heavy (non-hydrogen) atoms. The number of hydrogen-bond acceptors (Lipinski definition) is 3. The molecule has 104 valence electrons. The van der Waals surface area contributed by atoms with E-state index in [0.717, 1.165) is 26.7 Å². The summed E-state index contributed by atoms with van der Waals surface area (Å²) in [5.74, 6) is 0.828. The van der Waals surface area contributed by atoms with Gasteiger partial charge in [-0.25, -0.2) is 0 Å². The van der Waals surface area contributed by atoms with Crippen molar-refractivity contribution in [2.75, 3.05) is 27.8 Å². The molecule has 0 spiro atoms. The summed E-state index contributed by atoms with van der Waals surface area (Å²) in [6, 6.07) is 3.88. The van der Waals surface area contributed by atoms with E-state index in [1.807, 2.05) is 38.2 Å². The average molecular weight is 327 g/mol. The molecule has 1 heterocycles. The summed E-state index contributed by atoms with van der Waals surface area (Å²) in [5.41, 5.74) is 2.15. The molecule has 0 aliphatic heterocycles. The maximum absolute atomic E-state index is 9.65. The van der Waals surface area contributed by atoms with Gasteiger partial charge in [-0.3, -0.25) is 0 Å². The van der Waals surface area contributed by atoms with Gasteiger partial charge in [-0.1, -0.05) is 0 Å². The van der Waals surface area contributed by atoms with Crippen LogP contribution in [-0.4, -0.2) is 42.4 Å². The summed E-state index contributed by atoms with van der Waals surface area (Å²) in [7, 11) is 7.59. The van der Waals surface area contributed by atoms with Crippen LogP contribution in [0.15, 0.2) is 22.8 Å². The van der Waals surface area contributed by atoms with Gasteiger partial charge < -0.3 is 19.3 Å². The van der Waals surface area contributed by atoms with E-state index in [0.29, 0.717) is 0 Å². The summed E-state index contributed by atoms with van der Waals surface area (Å²) in [4.78, 5) is 2.01. The van der Waals surface area contributed by atoms with Crippen molar-refractivity contribution >= 4 is 26.8 Å². The number of nitrogens with zero attached hydrogens (tertiary/aromatic N) is 2. The molecule has 0 amide bonds. The van der Waals surface area contributed by atoms with Crippen LogP contribution in [0.25, 0.3) is 10.9 Å². The Morgan fingerprint density at radius 3 is 2.63 bits per heavy atom. The van der Waals surface area contributed by atoms with Gasteiger partial charge in [0, 0.05) is 28.7 Å². The summed E-state index contributed by atoms with van der Waals surface area (Å²) in [5, 5.41) is 10.7. The number of methoxy groups -OCH3 is 1. The zero-order valence-electron chi connectivity index (χ0n) is 11.6. The molecule has 2 rings (SSSR count). The van der Waals surface area contributed by atoms with Gasteiger partial charge in [0.2, 0.25) is 0 Å². The van der Waals surface area contributed by atoms with E-state index in [-0.39, 0.29) is 12.6 Å². The van der Waals surface area contributed by atoms with Crippen molar-refractivity contribution in [2.45, 2.75) is 6.04 Å². The number of aliphatic hydroxyl groups excluding tert-OH is 1. The fourth-order valence-corrected chi connectivity index (χ4v) is 3.08. The summed E-state index contributed by atoms with van der Waals surface area (Å²) >= 11 is 3.58. The molecule has 1 atom stereocenters. The van der Waals surface area contributed by atoms with Gasteiger partial charge in [0.25, 0.3) is 0 Å². The first-order valence-electron chi connectivity index (χ1n) is 6.10. The Kier molecular flexibility index (Phi) is 4.18. The number of hydrogen-bond donors (Lipinski definition) is 1. The van der Waals surface area contributed by atoms with Crippen molar-refractivity contribution in [3.63, 3.8) is 0 Å². The monoisotopic (exact) mass is 326 g/mol. The standard InChI is InChI=1S/C14H19BrN2O2/c1-16(2)11(8-18)9-7-17(3)14-10(15)5-6-12(19-4)13(9)14/h5-7,11,18H,8H2,1-4H3. The largest absolute Gasteiger partial charge is 0.496 e. The molecule has 1 N–H and O–H groups in total. The van der Waals surface area contributed by atoms with Crippen LogP contribution in [0.1, 0.15) is 11.6 Å². The van der Waals surface area contributed by atoms with E-state index in [1.165, 1.54) is 0 Å². The predicted octanol–water partition coefficient (Wildman–Crippen LogP) is 2.54. The Labute approximate surface area is 121 Å². The van der Waals surface area contributed by atoms with E-state index in [9.17, 15) is 5.11 Å². The SMILES string of the molecule is COc1ccc(Br)c2c1c(C(CO)N(C)C)cn2C. The predicted molar refractivity (Wildman–Crippen MR) is 80.7 cm³/mol. The number of benzene rings is 1. The molecule has 0 aliphatic rings. The zero-order valence-corrected chi connectivity index (χ0v) is 13.2. The number of fused-ring (bicyclic) bond motifs is 1. The minimum absolute atomic E-state index is 0.0492. The number of aromatic nitrogens is 1. The van der Waals surface area contributed by atoms with Crippen LogP contribution >= 0.6 is 15.9 Å². The maximum Gasteiger partial charge on any atom is 0.128 e. The molecule has 1 aromatic carbocycles. The fourth-order valence-electron chi connectivity index (χ4n) is 2.47. The number of ether oxygens (including phenoxy) is 1. The van der Waals surface area contributed by atoms with Crippen LogP contribution in [0.3, 0.4) is 0 Å². The Balaban J connectivity index is 2.78. The maximum atomic E-state index is 9.65. The van der Waals surface area contributed by atoms with Gasteiger partial charge in [0.05, 0.1) is 25.3 Å². The Morgan fingerprint density at radius 2 is 2.11 bits per heavy atom. The molecule has 0 radical (unpaired) electrons. The van der Waals surface area contributed by atoms with E-state index in [1.54, 1.807) is 7.11 Å². The van der Waals surface area contributed by atoms with Crippen LogP contribution in [0.2, 0.25) is 0 Å². The lowest BCUT2D eigenvalue weighted by Gasteiger charge is -2.22. The minimum Gasteiger partial charge on any atom is -0.496 e. The molecule has 2 aromatic rings. The second kappa shape index (κ2) is 5.53. The highest BCUT2D eigenvalue weighted by atomic mass is 79.9. The highest BCUT2D eigenvalue weighted by molar-refractivity contribution is 9.10. The van der Waals surface area contributed by atoms with E-state index in [2.05, 4.69) is 26.7 Å². The van der Waals surface area contributed by atoms with Crippen molar-refractivity contribution in [2.24, 2.45) is 7.05 Å². The summed E-state index contributed by atoms with van der Waals surface area (Å²) < 4.78 is 8.56. The van der Waals surface area contributed by atoms with Gasteiger partial charge in [0.15, 0.2) is 0 Å². The molecule has 0 fully saturated rings. The van der Waals surface area contributed by atoms with Crippen molar-refractivity contribution in [1.29, 1.82) is 0 Å². The topological polar surface area (TPSA) is 37.6 Å². The Hall–Kier alpha value is -1.04. The van der Waals surface area contributed by atoms with Crippen LogP contribution in [0, 0.1) is 0 Å². The van der Waals surface area contributed by atoms with Crippen molar-refractivity contribution < 1.29 is 9.84 Å². The summed E-state index contributed by atoms with van der Waals surface area (Å²) in [6.45, 7) is 0.0712.